The molecule has 1 saturated carbocycles. The fraction of sp³-hybridized carbons (Fsp3) is 0.667. The molecule has 16 heavy (non-hydrogen) atoms. The zero-order chi connectivity index (χ0) is 11.0. The summed E-state index contributed by atoms with van der Waals surface area (Å²) in [4.78, 5) is 2.46. The SMILES string of the molecule is Clc1sccc1N1CCO[C@H]2CCCC[C@@H]21. The van der Waals surface area contributed by atoms with Gasteiger partial charge in [0.15, 0.2) is 0 Å². The molecule has 3 rings (SSSR count). The molecule has 0 N–H and O–H groups in total. The van der Waals surface area contributed by atoms with Gasteiger partial charge >= 0.3 is 0 Å². The lowest BCUT2D eigenvalue weighted by Gasteiger charge is -2.44. The van der Waals surface area contributed by atoms with Crippen LogP contribution in [0.4, 0.5) is 5.69 Å². The van der Waals surface area contributed by atoms with Crippen molar-refractivity contribution in [2.75, 3.05) is 18.1 Å². The van der Waals surface area contributed by atoms with Crippen molar-refractivity contribution in [1.29, 1.82) is 0 Å². The Bertz CT molecular complexity index is 366. The van der Waals surface area contributed by atoms with E-state index in [-0.39, 0.29) is 0 Å². The fourth-order valence-corrected chi connectivity index (χ4v) is 3.84. The Balaban J connectivity index is 1.86. The molecule has 1 saturated heterocycles. The number of ether oxygens (including phenoxy) is 1. The third kappa shape index (κ3) is 1.85. The van der Waals surface area contributed by atoms with Gasteiger partial charge in [-0.2, -0.15) is 0 Å². The lowest BCUT2D eigenvalue weighted by molar-refractivity contribution is -0.00863. The van der Waals surface area contributed by atoms with Crippen LogP contribution in [0, 0.1) is 0 Å². The molecule has 2 nitrogen and oxygen atoms in total. The smallest absolute Gasteiger partial charge is 0.116 e. The Morgan fingerprint density at radius 1 is 1.38 bits per heavy atom. The number of halogens is 1. The molecule has 2 aliphatic rings. The highest BCUT2D eigenvalue weighted by Crippen LogP contribution is 2.37. The molecule has 88 valence electrons. The topological polar surface area (TPSA) is 12.5 Å². The zero-order valence-corrected chi connectivity index (χ0v) is 10.8. The van der Waals surface area contributed by atoms with E-state index in [1.807, 2.05) is 0 Å². The van der Waals surface area contributed by atoms with Crippen LogP contribution < -0.4 is 4.90 Å². The molecule has 4 heteroatoms. The van der Waals surface area contributed by atoms with Crippen molar-refractivity contribution in [1.82, 2.24) is 0 Å². The molecule has 0 bridgehead atoms. The van der Waals surface area contributed by atoms with E-state index in [1.54, 1.807) is 11.3 Å². The lowest BCUT2D eigenvalue weighted by Crippen LogP contribution is -2.52. The standard InChI is InChI=1S/C12H16ClNOS/c13-12-10(5-8-16-12)14-6-7-15-11-4-2-1-3-9(11)14/h5,8-9,11H,1-4,6-7H2/t9-,11-/m0/s1. The molecule has 0 amide bonds. The predicted molar refractivity (Wildman–Crippen MR) is 68.7 cm³/mol. The minimum absolute atomic E-state index is 0.429. The van der Waals surface area contributed by atoms with Crippen LogP contribution in [0.25, 0.3) is 0 Å². The van der Waals surface area contributed by atoms with Crippen LogP contribution >= 0.6 is 22.9 Å². The molecule has 2 heterocycles. The Hall–Kier alpha value is -0.250. The summed E-state index contributed by atoms with van der Waals surface area (Å²) in [6.45, 7) is 1.82. The number of hydrogen-bond donors (Lipinski definition) is 0. The first-order valence-electron chi connectivity index (χ1n) is 5.97. The predicted octanol–water partition coefficient (Wildman–Crippen LogP) is 3.55. The van der Waals surface area contributed by atoms with Crippen LogP contribution in [-0.4, -0.2) is 25.3 Å². The maximum absolute atomic E-state index is 6.24. The second-order valence-electron chi connectivity index (χ2n) is 4.53. The van der Waals surface area contributed by atoms with Crippen molar-refractivity contribution in [3.63, 3.8) is 0 Å². The van der Waals surface area contributed by atoms with Gasteiger partial charge in [-0.05, 0) is 24.3 Å². The van der Waals surface area contributed by atoms with Crippen molar-refractivity contribution in [2.45, 2.75) is 37.8 Å². The van der Waals surface area contributed by atoms with Gasteiger partial charge in [0, 0.05) is 6.54 Å². The molecule has 2 atom stereocenters. The minimum atomic E-state index is 0.429. The van der Waals surface area contributed by atoms with E-state index < -0.39 is 0 Å². The largest absolute Gasteiger partial charge is 0.374 e. The van der Waals surface area contributed by atoms with E-state index in [0.717, 1.165) is 17.5 Å². The van der Waals surface area contributed by atoms with Crippen LogP contribution in [0.2, 0.25) is 4.34 Å². The van der Waals surface area contributed by atoms with Gasteiger partial charge in [-0.15, -0.1) is 11.3 Å². The van der Waals surface area contributed by atoms with Gasteiger partial charge in [0.1, 0.15) is 4.34 Å². The van der Waals surface area contributed by atoms with Gasteiger partial charge in [-0.3, -0.25) is 0 Å². The molecule has 1 aromatic heterocycles. The van der Waals surface area contributed by atoms with E-state index in [1.165, 1.54) is 31.4 Å². The highest BCUT2D eigenvalue weighted by atomic mass is 35.5. The molecule has 2 fully saturated rings. The Morgan fingerprint density at radius 2 is 2.25 bits per heavy atom. The second kappa shape index (κ2) is 4.55. The molecule has 0 unspecified atom stereocenters. The van der Waals surface area contributed by atoms with Gasteiger partial charge in [0.2, 0.25) is 0 Å². The van der Waals surface area contributed by atoms with E-state index in [2.05, 4.69) is 16.3 Å². The summed E-state index contributed by atoms with van der Waals surface area (Å²) in [5, 5.41) is 2.07. The minimum Gasteiger partial charge on any atom is -0.374 e. The molecule has 1 aliphatic heterocycles. The van der Waals surface area contributed by atoms with Crippen molar-refractivity contribution in [3.05, 3.63) is 15.8 Å². The van der Waals surface area contributed by atoms with E-state index in [9.17, 15) is 0 Å². The molecular weight excluding hydrogens is 242 g/mol. The summed E-state index contributed by atoms with van der Waals surface area (Å²) < 4.78 is 6.79. The summed E-state index contributed by atoms with van der Waals surface area (Å²) in [5.41, 5.74) is 1.21. The molecular formula is C12H16ClNOS. The highest BCUT2D eigenvalue weighted by Gasteiger charge is 2.35. The van der Waals surface area contributed by atoms with Gasteiger partial charge in [-0.1, -0.05) is 24.4 Å². The van der Waals surface area contributed by atoms with Gasteiger partial charge in [-0.25, -0.2) is 0 Å². The average Bonchev–Trinajstić information content (AvgIpc) is 2.75. The zero-order valence-electron chi connectivity index (χ0n) is 9.19. The lowest BCUT2D eigenvalue weighted by atomic mass is 9.90. The monoisotopic (exact) mass is 257 g/mol. The first kappa shape index (κ1) is 10.9. The van der Waals surface area contributed by atoms with Crippen molar-refractivity contribution < 1.29 is 4.74 Å². The first-order chi connectivity index (χ1) is 7.86. The average molecular weight is 258 g/mol. The second-order valence-corrected chi connectivity index (χ2v) is 6.05. The van der Waals surface area contributed by atoms with Crippen LogP contribution in [-0.2, 0) is 4.74 Å². The van der Waals surface area contributed by atoms with Crippen LogP contribution in [0.1, 0.15) is 25.7 Å². The summed E-state index contributed by atoms with van der Waals surface area (Å²) in [6.07, 6.45) is 5.52. The molecule has 0 aromatic carbocycles. The summed E-state index contributed by atoms with van der Waals surface area (Å²) >= 11 is 7.86. The number of morpholine rings is 1. The number of rotatable bonds is 1. The molecule has 0 spiro atoms. The number of hydrogen-bond acceptors (Lipinski definition) is 3. The quantitative estimate of drug-likeness (QED) is 0.763. The fourth-order valence-electron chi connectivity index (χ4n) is 2.89. The van der Waals surface area contributed by atoms with Gasteiger partial charge in [0.25, 0.3) is 0 Å². The first-order valence-corrected chi connectivity index (χ1v) is 7.23. The highest BCUT2D eigenvalue weighted by molar-refractivity contribution is 7.15. The van der Waals surface area contributed by atoms with Gasteiger partial charge in [0.05, 0.1) is 24.4 Å². The summed E-state index contributed by atoms with van der Waals surface area (Å²) in [7, 11) is 0. The number of fused-ring (bicyclic) bond motifs is 1. The van der Waals surface area contributed by atoms with Crippen LogP contribution in [0.15, 0.2) is 11.4 Å². The Kier molecular flexibility index (Phi) is 3.09. The van der Waals surface area contributed by atoms with E-state index >= 15 is 0 Å². The Labute approximate surface area is 105 Å². The number of thiophene rings is 1. The molecule has 0 radical (unpaired) electrons. The normalized spacial score (nSPS) is 30.2. The molecule has 1 aliphatic carbocycles. The number of anilines is 1. The van der Waals surface area contributed by atoms with E-state index in [4.69, 9.17) is 16.3 Å². The molecule has 1 aromatic rings. The van der Waals surface area contributed by atoms with Crippen LogP contribution in [0.3, 0.4) is 0 Å². The summed E-state index contributed by atoms with van der Waals surface area (Å²) in [5.74, 6) is 0. The van der Waals surface area contributed by atoms with Gasteiger partial charge < -0.3 is 9.64 Å². The van der Waals surface area contributed by atoms with Crippen molar-refractivity contribution in [2.24, 2.45) is 0 Å². The number of nitrogens with zero attached hydrogens (tertiary/aromatic N) is 1. The Morgan fingerprint density at radius 3 is 3.06 bits per heavy atom. The third-order valence-electron chi connectivity index (χ3n) is 3.64. The van der Waals surface area contributed by atoms with Crippen LogP contribution in [0.5, 0.6) is 0 Å². The van der Waals surface area contributed by atoms with Crippen molar-refractivity contribution >= 4 is 28.6 Å². The maximum atomic E-state index is 6.24. The summed E-state index contributed by atoms with van der Waals surface area (Å²) in [6, 6.07) is 2.69. The maximum Gasteiger partial charge on any atom is 0.116 e. The third-order valence-corrected chi connectivity index (χ3v) is 4.79. The van der Waals surface area contributed by atoms with Crippen molar-refractivity contribution in [3.8, 4) is 0 Å². The van der Waals surface area contributed by atoms with E-state index in [0.29, 0.717) is 12.1 Å².